The maximum atomic E-state index is 12.1. The zero-order valence-corrected chi connectivity index (χ0v) is 15.6. The SMILES string of the molecule is NNC(=O)c1nc(-c2ccccc2)cc(N2CCCC(c3ccccc3)C2)n1. The van der Waals surface area contributed by atoms with Crippen molar-refractivity contribution in [3.05, 3.63) is 78.1 Å². The molecule has 1 aromatic heterocycles. The van der Waals surface area contributed by atoms with E-state index in [1.54, 1.807) is 0 Å². The first-order chi connectivity index (χ1) is 13.7. The molecule has 1 unspecified atom stereocenters. The standard InChI is InChI=1S/C22H23N5O/c23-26-22(28)21-24-19(17-10-5-2-6-11-17)14-20(25-21)27-13-7-12-18(15-27)16-8-3-1-4-9-16/h1-6,8-11,14,18H,7,12-13,15,23H2,(H,26,28). The fourth-order valence-electron chi connectivity index (χ4n) is 3.70. The lowest BCUT2D eigenvalue weighted by atomic mass is 9.90. The van der Waals surface area contributed by atoms with Gasteiger partial charge in [0.2, 0.25) is 5.82 Å². The molecule has 2 heterocycles. The molecule has 3 N–H and O–H groups in total. The van der Waals surface area contributed by atoms with Crippen molar-refractivity contribution in [1.29, 1.82) is 0 Å². The number of aromatic nitrogens is 2. The number of carbonyl (C=O) groups excluding carboxylic acids is 1. The molecule has 0 radical (unpaired) electrons. The van der Waals surface area contributed by atoms with Gasteiger partial charge in [0.15, 0.2) is 0 Å². The number of nitrogens with one attached hydrogen (secondary N) is 1. The van der Waals surface area contributed by atoms with Gasteiger partial charge < -0.3 is 4.90 Å². The number of hydrogen-bond donors (Lipinski definition) is 2. The van der Waals surface area contributed by atoms with E-state index in [0.29, 0.717) is 11.6 Å². The fourth-order valence-corrected chi connectivity index (χ4v) is 3.70. The Balaban J connectivity index is 1.69. The molecule has 0 aliphatic carbocycles. The highest BCUT2D eigenvalue weighted by Gasteiger charge is 2.24. The first-order valence-electron chi connectivity index (χ1n) is 9.50. The number of rotatable bonds is 4. The minimum atomic E-state index is -0.490. The van der Waals surface area contributed by atoms with Crippen LogP contribution in [-0.2, 0) is 0 Å². The fraction of sp³-hybridized carbons (Fsp3) is 0.227. The Morgan fingerprint density at radius 3 is 2.46 bits per heavy atom. The number of hydrogen-bond acceptors (Lipinski definition) is 5. The summed E-state index contributed by atoms with van der Waals surface area (Å²) >= 11 is 0. The first kappa shape index (κ1) is 18.1. The molecule has 1 saturated heterocycles. The molecule has 3 aromatic rings. The quantitative estimate of drug-likeness (QED) is 0.417. The van der Waals surface area contributed by atoms with Crippen molar-refractivity contribution >= 4 is 11.7 Å². The Morgan fingerprint density at radius 2 is 1.75 bits per heavy atom. The van der Waals surface area contributed by atoms with E-state index >= 15 is 0 Å². The third-order valence-electron chi connectivity index (χ3n) is 5.13. The number of anilines is 1. The van der Waals surface area contributed by atoms with Gasteiger partial charge in [0, 0.05) is 30.6 Å². The number of nitrogens with zero attached hydrogens (tertiary/aromatic N) is 3. The van der Waals surface area contributed by atoms with Gasteiger partial charge in [-0.1, -0.05) is 60.7 Å². The Labute approximate surface area is 164 Å². The van der Waals surface area contributed by atoms with Crippen LogP contribution in [0.4, 0.5) is 5.82 Å². The van der Waals surface area contributed by atoms with Gasteiger partial charge in [-0.25, -0.2) is 15.8 Å². The number of piperidine rings is 1. The zero-order chi connectivity index (χ0) is 19.3. The molecule has 1 fully saturated rings. The lowest BCUT2D eigenvalue weighted by molar-refractivity contribution is 0.0943. The van der Waals surface area contributed by atoms with Crippen LogP contribution in [0, 0.1) is 0 Å². The summed E-state index contributed by atoms with van der Waals surface area (Å²) in [5.74, 6) is 6.12. The highest BCUT2D eigenvalue weighted by molar-refractivity contribution is 5.91. The molecular weight excluding hydrogens is 350 g/mol. The summed E-state index contributed by atoms with van der Waals surface area (Å²) < 4.78 is 0. The van der Waals surface area contributed by atoms with Crippen molar-refractivity contribution in [2.45, 2.75) is 18.8 Å². The van der Waals surface area contributed by atoms with E-state index in [1.807, 2.05) is 42.5 Å². The first-order valence-corrected chi connectivity index (χ1v) is 9.50. The lowest BCUT2D eigenvalue weighted by Gasteiger charge is -2.34. The lowest BCUT2D eigenvalue weighted by Crippen LogP contribution is -2.36. The molecule has 28 heavy (non-hydrogen) atoms. The van der Waals surface area contributed by atoms with Gasteiger partial charge in [-0.3, -0.25) is 10.2 Å². The van der Waals surface area contributed by atoms with E-state index in [1.165, 1.54) is 5.56 Å². The van der Waals surface area contributed by atoms with Crippen LogP contribution in [0.1, 0.15) is 34.9 Å². The van der Waals surface area contributed by atoms with E-state index in [9.17, 15) is 4.79 Å². The topological polar surface area (TPSA) is 84.1 Å². The number of amides is 1. The maximum Gasteiger partial charge on any atom is 0.303 e. The van der Waals surface area contributed by atoms with E-state index < -0.39 is 5.91 Å². The second kappa shape index (κ2) is 8.19. The van der Waals surface area contributed by atoms with Crippen molar-refractivity contribution in [2.24, 2.45) is 5.84 Å². The second-order valence-electron chi connectivity index (χ2n) is 6.97. The Bertz CT molecular complexity index is 946. The van der Waals surface area contributed by atoms with Crippen molar-refractivity contribution < 1.29 is 4.79 Å². The number of benzene rings is 2. The predicted molar refractivity (Wildman–Crippen MR) is 110 cm³/mol. The van der Waals surface area contributed by atoms with Gasteiger partial charge in [-0.05, 0) is 18.4 Å². The van der Waals surface area contributed by atoms with Gasteiger partial charge in [-0.15, -0.1) is 0 Å². The van der Waals surface area contributed by atoms with E-state index in [2.05, 4.69) is 44.6 Å². The average Bonchev–Trinajstić information content (AvgIpc) is 2.79. The van der Waals surface area contributed by atoms with Crippen LogP contribution >= 0.6 is 0 Å². The molecule has 6 heteroatoms. The van der Waals surface area contributed by atoms with Crippen molar-refractivity contribution in [2.75, 3.05) is 18.0 Å². The van der Waals surface area contributed by atoms with Gasteiger partial charge in [-0.2, -0.15) is 0 Å². The normalized spacial score (nSPS) is 16.6. The van der Waals surface area contributed by atoms with Crippen molar-refractivity contribution in [3.8, 4) is 11.3 Å². The smallest absolute Gasteiger partial charge is 0.303 e. The number of nitrogen functional groups attached to an aromatic ring is 1. The third kappa shape index (κ3) is 3.87. The summed E-state index contributed by atoms with van der Waals surface area (Å²) in [6.45, 7) is 1.76. The van der Waals surface area contributed by atoms with Gasteiger partial charge in [0.1, 0.15) is 5.82 Å². The molecular formula is C22H23N5O. The highest BCUT2D eigenvalue weighted by atomic mass is 16.2. The van der Waals surface area contributed by atoms with Gasteiger partial charge in [0.05, 0.1) is 5.69 Å². The summed E-state index contributed by atoms with van der Waals surface area (Å²) in [6.07, 6.45) is 2.22. The summed E-state index contributed by atoms with van der Waals surface area (Å²) in [5.41, 5.74) is 5.13. The maximum absolute atomic E-state index is 12.1. The minimum Gasteiger partial charge on any atom is -0.356 e. The number of nitrogens with two attached hydrogens (primary N) is 1. The van der Waals surface area contributed by atoms with Crippen LogP contribution in [0.2, 0.25) is 0 Å². The van der Waals surface area contributed by atoms with Crippen LogP contribution in [-0.4, -0.2) is 29.0 Å². The molecule has 4 rings (SSSR count). The van der Waals surface area contributed by atoms with Crippen LogP contribution < -0.4 is 16.2 Å². The van der Waals surface area contributed by atoms with E-state index in [4.69, 9.17) is 5.84 Å². The molecule has 0 saturated carbocycles. The highest BCUT2D eigenvalue weighted by Crippen LogP contribution is 2.30. The Morgan fingerprint density at radius 1 is 1.04 bits per heavy atom. The monoisotopic (exact) mass is 373 g/mol. The van der Waals surface area contributed by atoms with Crippen LogP contribution in [0.5, 0.6) is 0 Å². The molecule has 6 nitrogen and oxygen atoms in total. The van der Waals surface area contributed by atoms with Gasteiger partial charge in [0.25, 0.3) is 0 Å². The third-order valence-corrected chi connectivity index (χ3v) is 5.13. The molecule has 0 spiro atoms. The predicted octanol–water partition coefficient (Wildman–Crippen LogP) is 3.13. The van der Waals surface area contributed by atoms with E-state index in [0.717, 1.165) is 37.3 Å². The molecule has 0 bridgehead atoms. The summed E-state index contributed by atoms with van der Waals surface area (Å²) in [6, 6.07) is 22.3. The molecule has 1 amide bonds. The van der Waals surface area contributed by atoms with Crippen molar-refractivity contribution in [3.63, 3.8) is 0 Å². The zero-order valence-electron chi connectivity index (χ0n) is 15.6. The Hall–Kier alpha value is -3.25. The molecule has 142 valence electrons. The van der Waals surface area contributed by atoms with Crippen molar-refractivity contribution in [1.82, 2.24) is 15.4 Å². The summed E-state index contributed by atoms with van der Waals surface area (Å²) in [5, 5.41) is 0. The number of hydrazine groups is 1. The summed E-state index contributed by atoms with van der Waals surface area (Å²) in [4.78, 5) is 23.3. The van der Waals surface area contributed by atoms with E-state index in [-0.39, 0.29) is 5.82 Å². The Kier molecular flexibility index (Phi) is 5.30. The second-order valence-corrected chi connectivity index (χ2v) is 6.97. The largest absolute Gasteiger partial charge is 0.356 e. The number of carbonyl (C=O) groups is 1. The minimum absolute atomic E-state index is 0.0840. The molecule has 1 aliphatic heterocycles. The molecule has 1 atom stereocenters. The van der Waals surface area contributed by atoms with Crippen LogP contribution in [0.25, 0.3) is 11.3 Å². The van der Waals surface area contributed by atoms with Crippen LogP contribution in [0.3, 0.4) is 0 Å². The summed E-state index contributed by atoms with van der Waals surface area (Å²) in [7, 11) is 0. The van der Waals surface area contributed by atoms with Gasteiger partial charge >= 0.3 is 5.91 Å². The molecule has 2 aromatic carbocycles. The average molecular weight is 373 g/mol. The van der Waals surface area contributed by atoms with Crippen LogP contribution in [0.15, 0.2) is 66.7 Å². The molecule has 1 aliphatic rings.